The van der Waals surface area contributed by atoms with Gasteiger partial charge in [0.25, 0.3) is 5.91 Å². The first-order chi connectivity index (χ1) is 51.7. The largest absolute Gasteiger partial charge is 0.458 e. The predicted octanol–water partition coefficient (Wildman–Crippen LogP) is -7.74. The molecule has 0 bridgehead atoms. The number of nitrogens with zero attached hydrogens (tertiary/aromatic N) is 2. The monoisotopic (exact) mass is 1600 g/mol. The lowest BCUT2D eigenvalue weighted by atomic mass is 9.85. The first kappa shape index (κ1) is 101. The van der Waals surface area contributed by atoms with Crippen molar-refractivity contribution < 1.29 is 117 Å². The number of primary amides is 4. The molecular weight excluding hydrogens is 1470 g/mol. The molecule has 1 fully saturated rings. The molecule has 5 unspecified atom stereocenters. The number of ether oxygens (including phenoxy) is 2. The SMILES string of the molecule is CCC(C)CC(C)[C@@H](O)[C@@H](C)C(=O)N[C@H](CNC(C)=O)C(=O)N[C@@H]([C@H](O)C(O)C(=O)N[C@H](C(=O)N[C@H]1C(=O)N[C@H]([C@@H](C)O)C(=O)N[C@H](CCCN)C(=O)N[C@@H](CC(C)C)C(=O)N(C)[C@@H](CCC(N)=O)C(=O)NC(C(OC)C(N)=O)C(=O)N[C@H](CC(N)=O)C(=O)N(C)[C@@H](CC(C)C)C(=O)O[C@@H]1C)[C@@H](C)[C@@H](C)C(N)=O)C(C)(C)O. The number of aliphatic hydroxyl groups is 5. The van der Waals surface area contributed by atoms with E-state index in [2.05, 4.69) is 53.2 Å². The van der Waals surface area contributed by atoms with Gasteiger partial charge in [0, 0.05) is 47.0 Å². The zero-order chi connectivity index (χ0) is 86.6. The molecule has 0 radical (unpaired) electrons. The Hall–Kier alpha value is -9.29. The Balaban J connectivity index is 4.54. The minimum absolute atomic E-state index is 0.0199. The summed E-state index contributed by atoms with van der Waals surface area (Å²) in [5.74, 6) is -26.5. The van der Waals surface area contributed by atoms with Gasteiger partial charge in [-0.3, -0.25) is 76.7 Å². The Morgan fingerprint density at radius 2 is 1.15 bits per heavy atom. The molecule has 16 amide bonds. The smallest absolute Gasteiger partial charge is 0.329 e. The van der Waals surface area contributed by atoms with Gasteiger partial charge in [-0.2, -0.15) is 0 Å². The third-order valence-electron chi connectivity index (χ3n) is 19.6. The maximum atomic E-state index is 15.2. The molecule has 0 saturated carbocycles. The van der Waals surface area contributed by atoms with Gasteiger partial charge in [-0.15, -0.1) is 0 Å². The van der Waals surface area contributed by atoms with Crippen LogP contribution in [0.25, 0.3) is 0 Å². The van der Waals surface area contributed by atoms with Gasteiger partial charge in [0.15, 0.2) is 12.2 Å². The standard InChI is InChI=1S/C71H125N17O24/c1-19-32(6)27-33(7)52(93)36(10)59(98)81-43(29-77-39(13)90)61(100)86-56(71(14,15)110)53(94)54(95)67(106)82-48(34(8)35(9)57(75)96)63(102)84-50-38(12)112-70(109)45(26-31(4)5)88(17)69(108)42(28-47(74)92)80-66(105)51(55(111-18)58(76)97)85-62(101)44(22-23-46(73)91)87(16)68(107)41(25-30(2)3)79-60(99)40(21-20-24-72)78-64(103)49(37(11)89)83-65(50)104/h30-38,40-45,48-56,89,93-95,110H,19-29,72H2,1-18H3,(H2,73,91)(H2,74,92)(H2,75,96)(H2,76,97)(H,77,90)(H,78,103)(H,79,99)(H,80,105)(H,81,98)(H,82,106)(H,83,104)(H,84,102)(H,85,101)(H,86,100)/t32?,33?,34-,35+,36+,37+,38+,40+,41-,42+,43+,44-,45-,48-,49+,50+,51?,52+,53+,54?,55?,56-/m0/s1. The van der Waals surface area contributed by atoms with Crippen molar-refractivity contribution in [3.8, 4) is 0 Å². The van der Waals surface area contributed by atoms with Crippen molar-refractivity contribution in [3.05, 3.63) is 0 Å². The number of carbonyl (C=O) groups is 17. The van der Waals surface area contributed by atoms with Crippen molar-refractivity contribution in [2.45, 2.75) is 270 Å². The fraction of sp³-hybridized carbons (Fsp3) is 0.761. The van der Waals surface area contributed by atoms with E-state index in [1.54, 1.807) is 34.6 Å². The van der Waals surface area contributed by atoms with Gasteiger partial charge in [0.1, 0.15) is 72.6 Å². The number of methoxy groups -OCH3 is 1. The van der Waals surface area contributed by atoms with Crippen LogP contribution in [0, 0.1) is 41.4 Å². The summed E-state index contributed by atoms with van der Waals surface area (Å²) in [6.45, 7) is 20.3. The average molecular weight is 1600 g/mol. The van der Waals surface area contributed by atoms with Crippen LogP contribution >= 0.6 is 0 Å². The Labute approximate surface area is 652 Å². The summed E-state index contributed by atoms with van der Waals surface area (Å²) >= 11 is 0. The number of carbonyl (C=O) groups excluding carboxylic acids is 17. The molecule has 0 aromatic carbocycles. The van der Waals surface area contributed by atoms with E-state index in [1.807, 2.05) is 13.8 Å². The van der Waals surface area contributed by atoms with Crippen LogP contribution in [-0.2, 0) is 91.0 Å². The summed E-state index contributed by atoms with van der Waals surface area (Å²) in [7, 11) is 2.98. The molecule has 1 heterocycles. The van der Waals surface area contributed by atoms with E-state index in [1.165, 1.54) is 20.8 Å². The number of esters is 1. The van der Waals surface area contributed by atoms with Crippen molar-refractivity contribution in [1.82, 2.24) is 63.0 Å². The lowest BCUT2D eigenvalue weighted by Crippen LogP contribution is -2.66. The Morgan fingerprint density at radius 3 is 1.64 bits per heavy atom. The maximum absolute atomic E-state index is 15.2. The fourth-order valence-electron chi connectivity index (χ4n) is 12.3. The van der Waals surface area contributed by atoms with Crippen LogP contribution in [-0.4, -0.2) is 279 Å². The summed E-state index contributed by atoms with van der Waals surface area (Å²) < 4.78 is 11.1. The summed E-state index contributed by atoms with van der Waals surface area (Å²) in [5.41, 5.74) is 26.0. The number of nitrogens with one attached hydrogen (secondary N) is 10. The lowest BCUT2D eigenvalue weighted by Gasteiger charge is -2.37. The van der Waals surface area contributed by atoms with E-state index in [0.29, 0.717) is 11.3 Å². The number of hydrogen-bond donors (Lipinski definition) is 20. The minimum Gasteiger partial charge on any atom is -0.458 e. The Bertz CT molecular complexity index is 3280. The molecule has 25 N–H and O–H groups in total. The van der Waals surface area contributed by atoms with Crippen LogP contribution < -0.4 is 81.8 Å². The van der Waals surface area contributed by atoms with Crippen molar-refractivity contribution in [2.75, 3.05) is 34.3 Å². The van der Waals surface area contributed by atoms with Crippen LogP contribution in [0.2, 0.25) is 0 Å². The second-order valence-electron chi connectivity index (χ2n) is 30.5. The van der Waals surface area contributed by atoms with Crippen molar-refractivity contribution >= 4 is 100 Å². The Morgan fingerprint density at radius 1 is 0.616 bits per heavy atom. The molecule has 1 aliphatic rings. The van der Waals surface area contributed by atoms with E-state index in [4.69, 9.17) is 38.1 Å². The number of likely N-dealkylation sites (N-methyl/N-ethyl adjacent to an activating group) is 2. The van der Waals surface area contributed by atoms with Gasteiger partial charge in [-0.1, -0.05) is 75.7 Å². The quantitative estimate of drug-likeness (QED) is 0.0257. The van der Waals surface area contributed by atoms with Gasteiger partial charge in [0.05, 0.1) is 36.2 Å². The van der Waals surface area contributed by atoms with Gasteiger partial charge >= 0.3 is 5.97 Å². The molecule has 22 atom stereocenters. The molecule has 0 aromatic heterocycles. The van der Waals surface area contributed by atoms with Gasteiger partial charge in [-0.05, 0) is 102 Å². The van der Waals surface area contributed by atoms with E-state index < -0.39 is 270 Å². The second kappa shape index (κ2) is 46.6. The third-order valence-corrected chi connectivity index (χ3v) is 19.6. The molecule has 0 aromatic rings. The average Bonchev–Trinajstić information content (AvgIpc) is 0.865. The molecule has 41 heteroatoms. The number of hydrogen-bond acceptors (Lipinski definition) is 25. The van der Waals surface area contributed by atoms with Gasteiger partial charge in [0.2, 0.25) is 88.6 Å². The van der Waals surface area contributed by atoms with Crippen LogP contribution in [0.15, 0.2) is 0 Å². The van der Waals surface area contributed by atoms with Gasteiger partial charge < -0.3 is 127 Å². The summed E-state index contributed by atoms with van der Waals surface area (Å²) in [4.78, 5) is 241. The van der Waals surface area contributed by atoms with Gasteiger partial charge in [-0.25, -0.2) is 4.79 Å². The number of nitrogens with two attached hydrogens (primary N) is 5. The molecule has 638 valence electrons. The molecule has 1 rings (SSSR count). The van der Waals surface area contributed by atoms with Crippen LogP contribution in [0.1, 0.15) is 162 Å². The van der Waals surface area contributed by atoms with Crippen molar-refractivity contribution in [1.29, 1.82) is 0 Å². The summed E-state index contributed by atoms with van der Waals surface area (Å²) in [6, 6.07) is -21.9. The molecular formula is C71H125N17O24. The number of rotatable bonds is 37. The van der Waals surface area contributed by atoms with Crippen molar-refractivity contribution in [3.63, 3.8) is 0 Å². The summed E-state index contributed by atoms with van der Waals surface area (Å²) in [5, 5.41) is 80.9. The first-order valence-electron chi connectivity index (χ1n) is 37.3. The Kier molecular flexibility index (Phi) is 41.9. The van der Waals surface area contributed by atoms with Crippen LogP contribution in [0.3, 0.4) is 0 Å². The number of cyclic esters (lactones) is 1. The van der Waals surface area contributed by atoms with Crippen LogP contribution in [0.5, 0.6) is 0 Å². The molecule has 112 heavy (non-hydrogen) atoms. The number of amides is 16. The highest BCUT2D eigenvalue weighted by Gasteiger charge is 2.48. The van der Waals surface area contributed by atoms with E-state index in [0.717, 1.165) is 67.1 Å². The highest BCUT2D eigenvalue weighted by atomic mass is 16.5. The van der Waals surface area contributed by atoms with E-state index in [9.17, 15) is 97.5 Å². The summed E-state index contributed by atoms with van der Waals surface area (Å²) in [6.07, 6.45) is -14.6. The predicted molar refractivity (Wildman–Crippen MR) is 400 cm³/mol. The first-order valence-corrected chi connectivity index (χ1v) is 37.3. The normalized spacial score (nSPS) is 24.0. The molecule has 0 aliphatic carbocycles. The topological polar surface area (TPSA) is 667 Å². The molecule has 1 aliphatic heterocycles. The van der Waals surface area contributed by atoms with Crippen molar-refractivity contribution in [2.24, 2.45) is 70.1 Å². The maximum Gasteiger partial charge on any atom is 0.329 e. The van der Waals surface area contributed by atoms with E-state index >= 15 is 9.59 Å². The van der Waals surface area contributed by atoms with Crippen LogP contribution in [0.4, 0.5) is 0 Å². The zero-order valence-corrected chi connectivity index (χ0v) is 67.4. The highest BCUT2D eigenvalue weighted by molar-refractivity contribution is 6.02. The molecule has 1 saturated heterocycles. The fourth-order valence-corrected chi connectivity index (χ4v) is 12.3. The molecule has 0 spiro atoms. The highest BCUT2D eigenvalue weighted by Crippen LogP contribution is 2.25. The zero-order valence-electron chi connectivity index (χ0n) is 67.4. The van der Waals surface area contributed by atoms with E-state index in [-0.39, 0.29) is 38.1 Å². The number of aliphatic hydroxyl groups excluding tert-OH is 4. The third kappa shape index (κ3) is 31.4. The lowest BCUT2D eigenvalue weighted by molar-refractivity contribution is -0.162. The second-order valence-corrected chi connectivity index (χ2v) is 30.5. The molecule has 41 nitrogen and oxygen atoms in total. The minimum atomic E-state index is -2.79.